The average Bonchev–Trinajstić information content (AvgIpc) is 2.98. The third-order valence-electron chi connectivity index (χ3n) is 3.56. The molecule has 3 heterocycles. The van der Waals surface area contributed by atoms with Crippen LogP contribution < -0.4 is 5.56 Å². The maximum Gasteiger partial charge on any atom is 0.461 e. The summed E-state index contributed by atoms with van der Waals surface area (Å²) >= 11 is 5.68. The van der Waals surface area contributed by atoms with Crippen LogP contribution in [0.1, 0.15) is 17.1 Å². The number of aromatic nitrogens is 5. The average molecular weight is 394 g/mol. The van der Waals surface area contributed by atoms with Crippen molar-refractivity contribution in [3.8, 4) is 0 Å². The maximum absolute atomic E-state index is 13.5. The van der Waals surface area contributed by atoms with Gasteiger partial charge in [0.2, 0.25) is 11.6 Å². The molecule has 0 aliphatic heterocycles. The predicted molar refractivity (Wildman–Crippen MR) is 80.3 cm³/mol. The molecule has 0 N–H and O–H groups in total. The van der Waals surface area contributed by atoms with Crippen LogP contribution in [-0.2, 0) is 12.5 Å². The van der Waals surface area contributed by atoms with Crippen LogP contribution in [0.2, 0.25) is 5.15 Å². The van der Waals surface area contributed by atoms with Crippen molar-refractivity contribution in [1.29, 1.82) is 0 Å². The Morgan fingerprint density at radius 1 is 1.19 bits per heavy atom. The van der Waals surface area contributed by atoms with Crippen molar-refractivity contribution in [3.05, 3.63) is 57.0 Å². The Balaban J connectivity index is 2.18. The Hall–Kier alpha value is -2.56. The van der Waals surface area contributed by atoms with Crippen LogP contribution in [0, 0.1) is 6.92 Å². The van der Waals surface area contributed by atoms with Gasteiger partial charge in [-0.05, 0) is 18.6 Å². The smallest absolute Gasteiger partial charge is 0.310 e. The molecule has 0 aliphatic rings. The van der Waals surface area contributed by atoms with Gasteiger partial charge in [-0.3, -0.25) is 4.79 Å². The first-order chi connectivity index (χ1) is 12.0. The fraction of sp³-hybridized carbons (Fsp3) is 0.286. The van der Waals surface area contributed by atoms with Gasteiger partial charge in [0.05, 0.1) is 6.54 Å². The quantitative estimate of drug-likeness (QED) is 0.507. The van der Waals surface area contributed by atoms with Crippen molar-refractivity contribution in [2.24, 2.45) is 0 Å². The van der Waals surface area contributed by atoms with Crippen LogP contribution in [0.5, 0.6) is 0 Å². The Bertz CT molecular complexity index is 1030. The molecular formula is C14H9ClF5N5O. The van der Waals surface area contributed by atoms with Gasteiger partial charge in [0, 0.05) is 18.0 Å². The maximum atomic E-state index is 13.5. The molecule has 0 amide bonds. The molecule has 3 aromatic heterocycles. The van der Waals surface area contributed by atoms with Gasteiger partial charge < -0.3 is 4.57 Å². The lowest BCUT2D eigenvalue weighted by atomic mass is 10.2. The number of aryl methyl sites for hydroxylation is 1. The van der Waals surface area contributed by atoms with Crippen LogP contribution in [0.15, 0.2) is 29.2 Å². The molecule has 0 saturated heterocycles. The number of nitrogens with zero attached hydrogens (tertiary/aromatic N) is 5. The topological polar surface area (TPSA) is 65.1 Å². The molecule has 138 valence electrons. The highest BCUT2D eigenvalue weighted by atomic mass is 35.5. The highest BCUT2D eigenvalue weighted by Gasteiger charge is 2.62. The van der Waals surface area contributed by atoms with E-state index in [1.165, 1.54) is 23.8 Å². The summed E-state index contributed by atoms with van der Waals surface area (Å²) in [4.78, 5) is 19.1. The van der Waals surface area contributed by atoms with E-state index in [2.05, 4.69) is 15.1 Å². The fourth-order valence-electron chi connectivity index (χ4n) is 2.24. The van der Waals surface area contributed by atoms with Crippen LogP contribution in [0.3, 0.4) is 0 Å². The number of rotatable bonds is 3. The SMILES string of the molecule is Cc1cc(=O)n2nc(C(F)(F)C(F)(F)F)nc2n1Cc1ccc(Cl)nc1. The Labute approximate surface area is 146 Å². The summed E-state index contributed by atoms with van der Waals surface area (Å²) in [5, 5.41) is 3.30. The molecule has 0 unspecified atom stereocenters. The number of fused-ring (bicyclic) bond motifs is 1. The lowest BCUT2D eigenvalue weighted by Crippen LogP contribution is -2.35. The standard InChI is InChI=1S/C14H9ClF5N5O/c1-7-4-10(26)25-12(22-11(23-25)13(16,17)14(18,19)20)24(7)6-8-2-3-9(15)21-5-8/h2-5H,6H2,1H3. The third-order valence-corrected chi connectivity index (χ3v) is 3.79. The minimum atomic E-state index is -5.89. The Morgan fingerprint density at radius 2 is 1.88 bits per heavy atom. The molecule has 0 fully saturated rings. The zero-order valence-corrected chi connectivity index (χ0v) is 13.7. The molecule has 12 heteroatoms. The summed E-state index contributed by atoms with van der Waals surface area (Å²) in [5.74, 6) is -7.53. The van der Waals surface area contributed by atoms with Gasteiger partial charge in [-0.2, -0.15) is 31.5 Å². The lowest BCUT2D eigenvalue weighted by Gasteiger charge is -2.15. The van der Waals surface area contributed by atoms with Crippen molar-refractivity contribution in [3.63, 3.8) is 0 Å². The van der Waals surface area contributed by atoms with Crippen molar-refractivity contribution in [2.45, 2.75) is 25.6 Å². The summed E-state index contributed by atoms with van der Waals surface area (Å²) in [7, 11) is 0. The van der Waals surface area contributed by atoms with E-state index in [9.17, 15) is 26.7 Å². The Kier molecular flexibility index (Phi) is 4.21. The molecule has 0 spiro atoms. The molecule has 0 saturated carbocycles. The fourth-order valence-corrected chi connectivity index (χ4v) is 2.35. The van der Waals surface area contributed by atoms with Crippen molar-refractivity contribution < 1.29 is 22.0 Å². The van der Waals surface area contributed by atoms with Gasteiger partial charge in [-0.15, -0.1) is 5.10 Å². The van der Waals surface area contributed by atoms with E-state index in [1.807, 2.05) is 0 Å². The summed E-state index contributed by atoms with van der Waals surface area (Å²) in [6.45, 7) is 1.50. The molecule has 0 atom stereocenters. The summed E-state index contributed by atoms with van der Waals surface area (Å²) < 4.78 is 66.5. The zero-order valence-electron chi connectivity index (χ0n) is 12.9. The summed E-state index contributed by atoms with van der Waals surface area (Å²) in [5.41, 5.74) is -0.0124. The van der Waals surface area contributed by atoms with Crippen molar-refractivity contribution in [2.75, 3.05) is 0 Å². The molecule has 0 aromatic carbocycles. The van der Waals surface area contributed by atoms with Crippen LogP contribution >= 0.6 is 11.6 Å². The van der Waals surface area contributed by atoms with Crippen LogP contribution in [0.25, 0.3) is 5.78 Å². The molecular weight excluding hydrogens is 385 g/mol. The van der Waals surface area contributed by atoms with Crippen molar-refractivity contribution >= 4 is 17.4 Å². The molecule has 6 nitrogen and oxygen atoms in total. The highest BCUT2D eigenvalue weighted by molar-refractivity contribution is 6.29. The van der Waals surface area contributed by atoms with E-state index in [0.717, 1.165) is 6.07 Å². The van der Waals surface area contributed by atoms with Gasteiger partial charge in [-0.1, -0.05) is 17.7 Å². The predicted octanol–water partition coefficient (Wildman–Crippen LogP) is 2.95. The molecule has 26 heavy (non-hydrogen) atoms. The first kappa shape index (κ1) is 18.2. The van der Waals surface area contributed by atoms with E-state index < -0.39 is 29.3 Å². The number of halogens is 6. The highest BCUT2D eigenvalue weighted by Crippen LogP contribution is 2.42. The third kappa shape index (κ3) is 3.02. The minimum absolute atomic E-state index is 0.00943. The molecule has 0 aliphatic carbocycles. The lowest BCUT2D eigenvalue weighted by molar-refractivity contribution is -0.292. The van der Waals surface area contributed by atoms with Crippen molar-refractivity contribution in [1.82, 2.24) is 24.1 Å². The molecule has 3 aromatic rings. The summed E-state index contributed by atoms with van der Waals surface area (Å²) in [6, 6.07) is 4.13. The Morgan fingerprint density at radius 3 is 2.46 bits per heavy atom. The second-order valence-electron chi connectivity index (χ2n) is 5.42. The summed E-state index contributed by atoms with van der Waals surface area (Å²) in [6.07, 6.45) is -4.49. The largest absolute Gasteiger partial charge is 0.461 e. The molecule has 0 radical (unpaired) electrons. The number of hydrogen-bond acceptors (Lipinski definition) is 4. The van der Waals surface area contributed by atoms with E-state index in [-0.39, 0.29) is 11.7 Å². The number of alkyl halides is 5. The first-order valence-corrected chi connectivity index (χ1v) is 7.41. The minimum Gasteiger partial charge on any atom is -0.310 e. The molecule has 0 bridgehead atoms. The van der Waals surface area contributed by atoms with Gasteiger partial charge in [0.15, 0.2) is 0 Å². The van der Waals surface area contributed by atoms with Crippen LogP contribution in [0.4, 0.5) is 22.0 Å². The monoisotopic (exact) mass is 393 g/mol. The van der Waals surface area contributed by atoms with Crippen LogP contribution in [-0.4, -0.2) is 30.3 Å². The van der Waals surface area contributed by atoms with Gasteiger partial charge in [0.1, 0.15) is 5.15 Å². The zero-order chi connectivity index (χ0) is 19.3. The van der Waals surface area contributed by atoms with E-state index >= 15 is 0 Å². The van der Waals surface area contributed by atoms with Gasteiger partial charge in [0.25, 0.3) is 5.56 Å². The second kappa shape index (κ2) is 6.01. The van der Waals surface area contributed by atoms with E-state index in [4.69, 9.17) is 11.6 Å². The number of hydrogen-bond donors (Lipinski definition) is 0. The molecule has 3 rings (SSSR count). The number of pyridine rings is 1. The van der Waals surface area contributed by atoms with E-state index in [1.54, 1.807) is 6.07 Å². The first-order valence-electron chi connectivity index (χ1n) is 7.03. The second-order valence-corrected chi connectivity index (χ2v) is 5.81. The van der Waals surface area contributed by atoms with E-state index in [0.29, 0.717) is 15.8 Å². The van der Waals surface area contributed by atoms with Gasteiger partial charge >= 0.3 is 12.1 Å². The normalized spacial score (nSPS) is 12.7. The van der Waals surface area contributed by atoms with Gasteiger partial charge in [-0.25, -0.2) is 4.98 Å².